The molecule has 7 rings (SSSR count). The summed E-state index contributed by atoms with van der Waals surface area (Å²) in [6.07, 6.45) is 7.18. The van der Waals surface area contributed by atoms with Gasteiger partial charge in [0, 0.05) is 59.1 Å². The Hall–Kier alpha value is -5.01. The minimum absolute atomic E-state index is 0.00899. The number of H-pyrrole nitrogens is 1. The number of anilines is 1. The van der Waals surface area contributed by atoms with Crippen LogP contribution >= 0.6 is 34.9 Å². The lowest BCUT2D eigenvalue weighted by Gasteiger charge is -2.49. The fourth-order valence-corrected chi connectivity index (χ4v) is 8.72. The number of benzene rings is 1. The highest BCUT2D eigenvalue weighted by molar-refractivity contribution is 8.01. The van der Waals surface area contributed by atoms with Gasteiger partial charge in [0.15, 0.2) is 23.1 Å². The van der Waals surface area contributed by atoms with Crippen LogP contribution in [0.4, 0.5) is 9.52 Å². The second kappa shape index (κ2) is 13.3. The first-order chi connectivity index (χ1) is 24.3. The number of aromatic nitrogens is 4. The average Bonchev–Trinajstić information content (AvgIpc) is 3.61. The minimum Gasteiger partial charge on any atom is -0.478 e. The van der Waals surface area contributed by atoms with Crippen LogP contribution in [0.5, 0.6) is 0 Å². The van der Waals surface area contributed by atoms with E-state index in [9.17, 15) is 29.4 Å². The van der Waals surface area contributed by atoms with E-state index in [1.54, 1.807) is 18.5 Å². The highest BCUT2D eigenvalue weighted by Crippen LogP contribution is 2.43. The predicted molar refractivity (Wildman–Crippen MR) is 186 cm³/mol. The molecule has 2 amide bonds. The van der Waals surface area contributed by atoms with Gasteiger partial charge < -0.3 is 31.1 Å². The molecule has 2 atom stereocenters. The number of carbonyl (C=O) groups is 4. The lowest BCUT2D eigenvalue weighted by molar-refractivity contribution is -0.675. The Morgan fingerprint density at radius 3 is 2.73 bits per heavy atom. The number of nitrogens with one attached hydrogen (secondary N) is 2. The highest BCUT2D eigenvalue weighted by Gasteiger charge is 2.54. The Morgan fingerprint density at radius 2 is 2.08 bits per heavy atom. The van der Waals surface area contributed by atoms with E-state index >= 15 is 4.39 Å². The van der Waals surface area contributed by atoms with E-state index in [4.69, 9.17) is 10.6 Å². The van der Waals surface area contributed by atoms with Crippen molar-refractivity contribution in [1.82, 2.24) is 25.2 Å². The predicted octanol–water partition coefficient (Wildman–Crippen LogP) is 3.14. The number of carboxylic acids is 2. The number of rotatable bonds is 12. The van der Waals surface area contributed by atoms with Crippen LogP contribution in [0.1, 0.15) is 38.4 Å². The van der Waals surface area contributed by atoms with E-state index in [-0.39, 0.29) is 28.0 Å². The number of β-lactam (4-membered cyclic amide) rings is 1. The molecular weight excluding hydrogens is 724 g/mol. The molecule has 3 aromatic heterocycles. The second-order valence-electron chi connectivity index (χ2n) is 12.4. The zero-order chi connectivity index (χ0) is 36.2. The normalized spacial score (nSPS) is 19.2. The quantitative estimate of drug-likeness (QED) is 0.0464. The number of nitrogen functional groups attached to an aromatic ring is 1. The van der Waals surface area contributed by atoms with Crippen LogP contribution < -0.4 is 15.6 Å². The van der Waals surface area contributed by atoms with E-state index in [0.717, 1.165) is 39.5 Å². The van der Waals surface area contributed by atoms with Gasteiger partial charge in [0.1, 0.15) is 34.4 Å². The largest absolute Gasteiger partial charge is 0.478 e. The number of thiazole rings is 1. The van der Waals surface area contributed by atoms with E-state index < -0.39 is 52.3 Å². The molecule has 1 unspecified atom stereocenters. The molecule has 4 aromatic rings. The molecule has 0 radical (unpaired) electrons. The molecule has 6 N–H and O–H groups in total. The number of nitrogens with two attached hydrogens (primary N) is 1. The Morgan fingerprint density at radius 1 is 1.29 bits per heavy atom. The molecular formula is C32H30FN8O7S3+. The monoisotopic (exact) mass is 753 g/mol. The van der Waals surface area contributed by atoms with Crippen molar-refractivity contribution in [2.75, 3.05) is 17.2 Å². The molecule has 2 aliphatic heterocycles. The molecule has 5 heterocycles. The lowest BCUT2D eigenvalue weighted by Crippen LogP contribution is -2.71. The summed E-state index contributed by atoms with van der Waals surface area (Å²) >= 11 is 3.65. The van der Waals surface area contributed by atoms with Gasteiger partial charge in [-0.1, -0.05) is 5.16 Å². The van der Waals surface area contributed by atoms with E-state index in [0.29, 0.717) is 28.4 Å². The Bertz CT molecular complexity index is 2170. The summed E-state index contributed by atoms with van der Waals surface area (Å²) in [6, 6.07) is 4.35. The molecule has 1 saturated carbocycles. The zero-order valence-electron chi connectivity index (χ0n) is 27.0. The van der Waals surface area contributed by atoms with Crippen LogP contribution in [-0.4, -0.2) is 88.1 Å². The molecule has 0 bridgehead atoms. The SMILES string of the molecule is CC(C)(ON=C(C(=O)NC1C(=O)N2C(C(=O)O)=C(CSc3cc[n+](C4CC4)c4cc(-c5ncc[nH]5)c(F)cc34)CS[C@@H]12)c1csc(N)n1)C(=O)O. The molecule has 2 fully saturated rings. The van der Waals surface area contributed by atoms with E-state index in [1.807, 2.05) is 12.3 Å². The van der Waals surface area contributed by atoms with Crippen LogP contribution in [0, 0.1) is 5.82 Å². The van der Waals surface area contributed by atoms with Crippen LogP contribution in [-0.2, 0) is 24.0 Å². The van der Waals surface area contributed by atoms with Gasteiger partial charge in [0.05, 0.1) is 10.9 Å². The number of nitrogens with zero attached hydrogens (tertiary/aromatic N) is 5. The third kappa shape index (κ3) is 6.51. The van der Waals surface area contributed by atoms with Crippen molar-refractivity contribution in [1.29, 1.82) is 0 Å². The van der Waals surface area contributed by atoms with Crippen molar-refractivity contribution < 1.29 is 43.2 Å². The van der Waals surface area contributed by atoms with Crippen molar-refractivity contribution >= 4 is 80.4 Å². The lowest BCUT2D eigenvalue weighted by atomic mass is 10.0. The summed E-state index contributed by atoms with van der Waals surface area (Å²) in [7, 11) is 0. The number of pyridine rings is 1. The third-order valence-electron chi connectivity index (χ3n) is 8.51. The molecule has 51 heavy (non-hydrogen) atoms. The summed E-state index contributed by atoms with van der Waals surface area (Å²) in [4.78, 5) is 69.2. The Labute approximate surface area is 301 Å². The number of carboxylic acid groups (broad SMARTS) is 2. The van der Waals surface area contributed by atoms with E-state index in [1.165, 1.54) is 48.8 Å². The number of hydrogen-bond donors (Lipinski definition) is 5. The van der Waals surface area contributed by atoms with Crippen molar-refractivity contribution in [2.24, 2.45) is 5.16 Å². The molecule has 15 nitrogen and oxygen atoms in total. The number of amides is 2. The first-order valence-electron chi connectivity index (χ1n) is 15.6. The van der Waals surface area contributed by atoms with Gasteiger partial charge in [-0.05, 0) is 25.5 Å². The van der Waals surface area contributed by atoms with Gasteiger partial charge in [0.25, 0.3) is 11.8 Å². The van der Waals surface area contributed by atoms with Crippen molar-refractivity contribution in [3.05, 3.63) is 65.0 Å². The smallest absolute Gasteiger partial charge is 0.352 e. The van der Waals surface area contributed by atoms with Gasteiger partial charge in [0.2, 0.25) is 11.1 Å². The molecule has 1 aromatic carbocycles. The Kier molecular flexibility index (Phi) is 8.96. The standard InChI is InChI=1S/C32H29FN8O7S3/c1-32(2,30(46)47)48-39-22(19-13-51-31(34)37-19)26(42)38-23-27(43)41-24(29(44)45)14(12-50-28(23)41)11-49-21-5-8-40(15-3-4-15)20-10-16(18(33)9-17(20)21)25-35-6-7-36-25/h5-10,13,15,23,28H,3-4,11-12H2,1-2H3,(H5,34,37,38,42,44,45,46,47)/p+1/t23?,28-/m0/s1. The fraction of sp³-hybridized carbons (Fsp3) is 0.312. The van der Waals surface area contributed by atoms with Gasteiger partial charge >= 0.3 is 11.9 Å². The summed E-state index contributed by atoms with van der Waals surface area (Å²) in [5.74, 6) is -3.72. The van der Waals surface area contributed by atoms with Gasteiger partial charge in [-0.15, -0.1) is 34.9 Å². The number of aromatic amines is 1. The maximum atomic E-state index is 15.4. The van der Waals surface area contributed by atoms with Gasteiger partial charge in [-0.2, -0.15) is 4.57 Å². The van der Waals surface area contributed by atoms with Crippen LogP contribution in [0.15, 0.2) is 63.5 Å². The molecule has 3 aliphatic rings. The second-order valence-corrected chi connectivity index (χ2v) is 15.4. The molecule has 0 spiro atoms. The van der Waals surface area contributed by atoms with Gasteiger partial charge in [-0.3, -0.25) is 14.5 Å². The number of oxime groups is 1. The number of fused-ring (bicyclic) bond motifs is 2. The number of thioether (sulfide) groups is 2. The van der Waals surface area contributed by atoms with Gasteiger partial charge in [-0.25, -0.2) is 23.9 Å². The van der Waals surface area contributed by atoms with Crippen molar-refractivity contribution in [3.63, 3.8) is 0 Å². The Balaban J connectivity index is 1.11. The summed E-state index contributed by atoms with van der Waals surface area (Å²) in [5, 5.41) is 27.5. The zero-order valence-corrected chi connectivity index (χ0v) is 29.4. The number of imidazole rings is 1. The first kappa shape index (κ1) is 34.4. The average molecular weight is 754 g/mol. The van der Waals surface area contributed by atoms with Crippen LogP contribution in [0.2, 0.25) is 0 Å². The minimum atomic E-state index is -1.79. The molecule has 1 aliphatic carbocycles. The fourth-order valence-electron chi connectivity index (χ4n) is 5.65. The summed E-state index contributed by atoms with van der Waals surface area (Å²) < 4.78 is 17.6. The van der Waals surface area contributed by atoms with Crippen molar-refractivity contribution in [3.8, 4) is 11.4 Å². The number of aliphatic carboxylic acids is 2. The third-order valence-corrected chi connectivity index (χ3v) is 11.7. The number of hydrogen-bond acceptors (Lipinski definition) is 12. The maximum absolute atomic E-state index is 15.4. The van der Waals surface area contributed by atoms with Crippen LogP contribution in [0.3, 0.4) is 0 Å². The number of halogens is 1. The number of carbonyl (C=O) groups excluding carboxylic acids is 2. The van der Waals surface area contributed by atoms with Crippen LogP contribution in [0.25, 0.3) is 22.3 Å². The molecule has 1 saturated heterocycles. The summed E-state index contributed by atoms with van der Waals surface area (Å²) in [6.45, 7) is 2.49. The molecule has 264 valence electrons. The maximum Gasteiger partial charge on any atom is 0.352 e. The highest BCUT2D eigenvalue weighted by atomic mass is 32.2. The molecule has 19 heteroatoms. The van der Waals surface area contributed by atoms with Crippen molar-refractivity contribution in [2.45, 2.75) is 54.6 Å². The summed E-state index contributed by atoms with van der Waals surface area (Å²) in [5.41, 5.74) is 5.05. The first-order valence-corrected chi connectivity index (χ1v) is 18.5. The topological polar surface area (TPSA) is 217 Å². The van der Waals surface area contributed by atoms with E-state index in [2.05, 4.69) is 30.0 Å².